The van der Waals surface area contributed by atoms with Gasteiger partial charge in [-0.2, -0.15) is 0 Å². The van der Waals surface area contributed by atoms with Crippen LogP contribution in [0, 0.1) is 0 Å². The first kappa shape index (κ1) is 22.2. The molecule has 0 radical (unpaired) electrons. The van der Waals surface area contributed by atoms with E-state index in [4.69, 9.17) is 28.8 Å². The molecule has 3 aliphatic heterocycles. The molecule has 3 heterocycles. The van der Waals surface area contributed by atoms with E-state index in [9.17, 15) is 35.7 Å². The number of hydrogen-bond acceptors (Lipinski definition) is 13. The van der Waals surface area contributed by atoms with E-state index < -0.39 is 80.4 Å². The Morgan fingerprint density at radius 2 is 1.43 bits per heavy atom. The summed E-state index contributed by atoms with van der Waals surface area (Å²) in [5.41, 5.74) is 0. The molecule has 13 nitrogen and oxygen atoms in total. The largest absolute Gasteiger partial charge is 0.394 e. The fourth-order valence-corrected chi connectivity index (χ4v) is 3.26. The Bertz CT molecular complexity index is 508. The highest BCUT2D eigenvalue weighted by atomic mass is 16.7. The van der Waals surface area contributed by atoms with Crippen LogP contribution in [0.5, 0.6) is 0 Å². The summed E-state index contributed by atoms with van der Waals surface area (Å²) in [5, 5.41) is 78.3. The van der Waals surface area contributed by atoms with Crippen molar-refractivity contribution in [1.29, 1.82) is 0 Å². The van der Waals surface area contributed by atoms with E-state index in [0.29, 0.717) is 0 Å². The van der Waals surface area contributed by atoms with Crippen LogP contribution >= 0.6 is 0 Å². The Labute approximate surface area is 159 Å². The predicted octanol–water partition coefficient (Wildman–Crippen LogP) is -5.66. The van der Waals surface area contributed by atoms with Gasteiger partial charge < -0.3 is 64.5 Å². The third-order valence-electron chi connectivity index (χ3n) is 4.98. The van der Waals surface area contributed by atoms with Crippen LogP contribution in [-0.4, -0.2) is 134 Å². The van der Waals surface area contributed by atoms with Gasteiger partial charge in [0.15, 0.2) is 18.9 Å². The zero-order chi connectivity index (χ0) is 20.6. The lowest BCUT2D eigenvalue weighted by molar-refractivity contribution is -0.338. The summed E-state index contributed by atoms with van der Waals surface area (Å²) in [6.07, 6.45) is -17.1. The van der Waals surface area contributed by atoms with Gasteiger partial charge in [0, 0.05) is 0 Å². The summed E-state index contributed by atoms with van der Waals surface area (Å²) in [7, 11) is 0. The molecule has 0 amide bonds. The fourth-order valence-electron chi connectivity index (χ4n) is 3.26. The Morgan fingerprint density at radius 3 is 2.07 bits per heavy atom. The fraction of sp³-hybridized carbons (Fsp3) is 1.00. The summed E-state index contributed by atoms with van der Waals surface area (Å²) in [4.78, 5) is 0. The second-order valence-corrected chi connectivity index (χ2v) is 6.95. The molecule has 3 fully saturated rings. The third-order valence-corrected chi connectivity index (χ3v) is 4.98. The molecule has 0 unspecified atom stereocenters. The van der Waals surface area contributed by atoms with Crippen LogP contribution < -0.4 is 0 Å². The number of ether oxygens (including phenoxy) is 5. The van der Waals surface area contributed by atoms with Crippen LogP contribution in [0.2, 0.25) is 0 Å². The second-order valence-electron chi connectivity index (χ2n) is 6.95. The normalized spacial score (nSPS) is 52.7. The molecule has 0 aromatic rings. The number of hydrogen-bond donors (Lipinski definition) is 8. The van der Waals surface area contributed by atoms with Crippen molar-refractivity contribution >= 4 is 0 Å². The summed E-state index contributed by atoms with van der Waals surface area (Å²) in [6, 6.07) is 0. The van der Waals surface area contributed by atoms with Gasteiger partial charge in [0.25, 0.3) is 0 Å². The average Bonchev–Trinajstić information content (AvgIpc) is 2.95. The van der Waals surface area contributed by atoms with E-state index in [1.807, 2.05) is 0 Å². The lowest BCUT2D eigenvalue weighted by Gasteiger charge is -2.42. The smallest absolute Gasteiger partial charge is 0.187 e. The van der Waals surface area contributed by atoms with Gasteiger partial charge in [0.05, 0.1) is 19.8 Å². The van der Waals surface area contributed by atoms with Gasteiger partial charge in [-0.3, -0.25) is 0 Å². The predicted molar refractivity (Wildman–Crippen MR) is 83.2 cm³/mol. The Kier molecular flexibility index (Phi) is 7.20. The lowest BCUT2D eigenvalue weighted by atomic mass is 10.0. The molecule has 0 aromatic heterocycles. The van der Waals surface area contributed by atoms with E-state index in [2.05, 4.69) is 0 Å². The van der Waals surface area contributed by atoms with Gasteiger partial charge in [-0.1, -0.05) is 0 Å². The Hall–Kier alpha value is -0.520. The molecule has 0 aromatic carbocycles. The van der Waals surface area contributed by atoms with Crippen LogP contribution in [-0.2, 0) is 23.7 Å². The van der Waals surface area contributed by atoms with E-state index in [0.717, 1.165) is 0 Å². The van der Waals surface area contributed by atoms with Gasteiger partial charge in [0.2, 0.25) is 0 Å². The van der Waals surface area contributed by atoms with Crippen LogP contribution in [0.15, 0.2) is 0 Å². The van der Waals surface area contributed by atoms with Crippen molar-refractivity contribution in [2.24, 2.45) is 0 Å². The second kappa shape index (κ2) is 9.09. The topological polar surface area (TPSA) is 208 Å². The van der Waals surface area contributed by atoms with Crippen molar-refractivity contribution in [3.8, 4) is 0 Å². The van der Waals surface area contributed by atoms with Crippen molar-refractivity contribution in [2.45, 2.75) is 73.8 Å². The van der Waals surface area contributed by atoms with E-state index in [1.54, 1.807) is 0 Å². The average molecular weight is 414 g/mol. The van der Waals surface area contributed by atoms with E-state index in [1.165, 1.54) is 0 Å². The minimum atomic E-state index is -1.63. The minimum absolute atomic E-state index is 0.297. The van der Waals surface area contributed by atoms with Gasteiger partial charge in [-0.05, 0) is 0 Å². The molecule has 28 heavy (non-hydrogen) atoms. The van der Waals surface area contributed by atoms with Crippen molar-refractivity contribution in [3.63, 3.8) is 0 Å². The number of aliphatic hydroxyl groups is 8. The molecule has 0 bridgehead atoms. The monoisotopic (exact) mass is 414 g/mol. The molecule has 3 saturated heterocycles. The summed E-state index contributed by atoms with van der Waals surface area (Å²) in [5.74, 6) is 0. The van der Waals surface area contributed by atoms with Crippen LogP contribution in [0.3, 0.4) is 0 Å². The van der Waals surface area contributed by atoms with Crippen molar-refractivity contribution in [2.75, 3.05) is 19.8 Å². The summed E-state index contributed by atoms with van der Waals surface area (Å²) in [6.45, 7) is -1.21. The van der Waals surface area contributed by atoms with Gasteiger partial charge in [-0.25, -0.2) is 0 Å². The van der Waals surface area contributed by atoms with E-state index >= 15 is 0 Å². The van der Waals surface area contributed by atoms with Crippen LogP contribution in [0.25, 0.3) is 0 Å². The van der Waals surface area contributed by atoms with Gasteiger partial charge in [0.1, 0.15) is 54.9 Å². The first-order valence-corrected chi connectivity index (χ1v) is 8.81. The van der Waals surface area contributed by atoms with Crippen LogP contribution in [0.1, 0.15) is 0 Å². The molecule has 3 rings (SSSR count). The Balaban J connectivity index is 1.62. The lowest BCUT2D eigenvalue weighted by Crippen LogP contribution is -2.60. The number of rotatable bonds is 5. The molecule has 0 spiro atoms. The quantitative estimate of drug-likeness (QED) is 0.211. The molecular weight excluding hydrogens is 388 g/mol. The van der Waals surface area contributed by atoms with E-state index in [-0.39, 0.29) is 13.2 Å². The number of aliphatic hydroxyl groups excluding tert-OH is 8. The highest BCUT2D eigenvalue weighted by Crippen LogP contribution is 2.29. The first-order chi connectivity index (χ1) is 13.2. The molecule has 0 aliphatic carbocycles. The maximum absolute atomic E-state index is 10.5. The molecule has 3 aliphatic rings. The van der Waals surface area contributed by atoms with Gasteiger partial charge >= 0.3 is 0 Å². The molecule has 164 valence electrons. The molecular formula is C15H26O13. The van der Waals surface area contributed by atoms with Crippen molar-refractivity contribution in [3.05, 3.63) is 0 Å². The maximum Gasteiger partial charge on any atom is 0.187 e. The summed E-state index contributed by atoms with van der Waals surface area (Å²) >= 11 is 0. The van der Waals surface area contributed by atoms with Gasteiger partial charge in [-0.15, -0.1) is 0 Å². The minimum Gasteiger partial charge on any atom is -0.394 e. The first-order valence-electron chi connectivity index (χ1n) is 8.81. The third kappa shape index (κ3) is 4.32. The molecule has 8 N–H and O–H groups in total. The SMILES string of the molecule is OC[C@H]1O[C@H](O[C@H]2[C@H](O)[C@@H](O[C@H]3CO[C@H](O)[C@@H](O)[C@@H]3O)OC[C@@H]2O)[C@@H](O)[C@@H]1O. The zero-order valence-electron chi connectivity index (χ0n) is 14.7. The highest BCUT2D eigenvalue weighted by Gasteiger charge is 2.49. The Morgan fingerprint density at radius 1 is 0.714 bits per heavy atom. The standard InChI is InChI=1S/C15H26O13/c16-1-5-7(18)10(21)15(26-5)28-12-4(17)2-25-14(11(12)22)27-6-3-24-13(23)9(20)8(6)19/h4-23H,1-3H2/t4-,5+,6-,7+,8+,9-,10-,11-,12+,13-,14+,15+/m0/s1. The highest BCUT2D eigenvalue weighted by molar-refractivity contribution is 4.91. The maximum atomic E-state index is 10.5. The van der Waals surface area contributed by atoms with Crippen molar-refractivity contribution < 1.29 is 64.5 Å². The van der Waals surface area contributed by atoms with Crippen molar-refractivity contribution in [1.82, 2.24) is 0 Å². The van der Waals surface area contributed by atoms with Crippen LogP contribution in [0.4, 0.5) is 0 Å². The molecule has 12 atom stereocenters. The summed E-state index contributed by atoms with van der Waals surface area (Å²) < 4.78 is 26.0. The zero-order valence-corrected chi connectivity index (χ0v) is 14.7. The molecule has 13 heteroatoms. The molecule has 0 saturated carbocycles.